The molecule has 0 radical (unpaired) electrons. The first kappa shape index (κ1) is 10.7. The van der Waals surface area contributed by atoms with Gasteiger partial charge in [0.05, 0.1) is 0 Å². The third-order valence-electron chi connectivity index (χ3n) is 2.24. The molecule has 0 spiro atoms. The Morgan fingerprint density at radius 2 is 1.50 bits per heavy atom. The molecule has 16 heavy (non-hydrogen) atoms. The van der Waals surface area contributed by atoms with Crippen molar-refractivity contribution in [2.75, 3.05) is 7.05 Å². The number of hydrogen-bond donors (Lipinski definition) is 0. The van der Waals surface area contributed by atoms with E-state index in [1.54, 1.807) is 0 Å². The van der Waals surface area contributed by atoms with Crippen LogP contribution >= 0.6 is 0 Å². The summed E-state index contributed by atoms with van der Waals surface area (Å²) in [6.07, 6.45) is 0. The first-order valence-electron chi connectivity index (χ1n) is 5.26. The number of hydrogen-bond acceptors (Lipinski definition) is 1. The van der Waals surface area contributed by atoms with Crippen molar-refractivity contribution in [1.29, 1.82) is 0 Å². The highest BCUT2D eigenvalue weighted by Crippen LogP contribution is 2.21. The maximum atomic E-state index is 5.68. The highest BCUT2D eigenvalue weighted by atomic mass is 16.5. The van der Waals surface area contributed by atoms with Crippen LogP contribution < -0.4 is 4.74 Å². The van der Waals surface area contributed by atoms with E-state index in [0.29, 0.717) is 0 Å². The normalized spacial score (nSPS) is 10.1. The lowest BCUT2D eigenvalue weighted by molar-refractivity contribution is 0.482. The van der Waals surface area contributed by atoms with Gasteiger partial charge >= 0.3 is 0 Å². The molecule has 0 aromatic heterocycles. The molecule has 0 aliphatic heterocycles. The minimum atomic E-state index is 0.756. The Kier molecular flexibility index (Phi) is 3.57. The van der Waals surface area contributed by atoms with Gasteiger partial charge in [-0.3, -0.25) is 0 Å². The highest BCUT2D eigenvalue weighted by Gasteiger charge is 1.95. The van der Waals surface area contributed by atoms with Crippen LogP contribution in [0.4, 0.5) is 0 Å². The zero-order chi connectivity index (χ0) is 11.2. The van der Waals surface area contributed by atoms with Crippen LogP contribution in [0.25, 0.3) is 5.32 Å². The number of para-hydroxylation sites is 1. The summed E-state index contributed by atoms with van der Waals surface area (Å²) < 4.78 is 5.68. The molecule has 2 aromatic carbocycles. The van der Waals surface area contributed by atoms with E-state index in [1.807, 2.05) is 61.6 Å². The molecule has 0 heterocycles. The van der Waals surface area contributed by atoms with Gasteiger partial charge in [-0.1, -0.05) is 35.9 Å². The SMILES string of the molecule is C[N-]Cc1ccc(Oc2ccccc2)cc1. The van der Waals surface area contributed by atoms with Gasteiger partial charge in [-0.05, 0) is 24.3 Å². The Morgan fingerprint density at radius 1 is 0.875 bits per heavy atom. The van der Waals surface area contributed by atoms with Gasteiger partial charge in [-0.25, -0.2) is 0 Å². The lowest BCUT2D eigenvalue weighted by Gasteiger charge is -2.11. The van der Waals surface area contributed by atoms with Crippen LogP contribution in [0.3, 0.4) is 0 Å². The van der Waals surface area contributed by atoms with Crippen molar-refractivity contribution < 1.29 is 4.74 Å². The van der Waals surface area contributed by atoms with Gasteiger partial charge in [0, 0.05) is 0 Å². The average molecular weight is 212 g/mol. The fourth-order valence-electron chi connectivity index (χ4n) is 1.47. The average Bonchev–Trinajstić information content (AvgIpc) is 2.33. The molecule has 2 rings (SSSR count). The van der Waals surface area contributed by atoms with Crippen molar-refractivity contribution in [3.63, 3.8) is 0 Å². The van der Waals surface area contributed by atoms with Gasteiger partial charge in [-0.2, -0.15) is 7.05 Å². The van der Waals surface area contributed by atoms with Crippen molar-refractivity contribution in [2.24, 2.45) is 0 Å². The minimum absolute atomic E-state index is 0.756. The van der Waals surface area contributed by atoms with Crippen LogP contribution in [0.5, 0.6) is 11.5 Å². The number of benzene rings is 2. The molecule has 0 aliphatic rings. The first-order chi connectivity index (χ1) is 7.88. The van der Waals surface area contributed by atoms with E-state index in [4.69, 9.17) is 4.74 Å². The molecule has 0 saturated heterocycles. The number of rotatable bonds is 4. The highest BCUT2D eigenvalue weighted by molar-refractivity contribution is 5.33. The van der Waals surface area contributed by atoms with Crippen LogP contribution in [0, 0.1) is 0 Å². The molecule has 0 aliphatic carbocycles. The van der Waals surface area contributed by atoms with Crippen molar-refractivity contribution in [1.82, 2.24) is 0 Å². The Hall–Kier alpha value is -1.80. The van der Waals surface area contributed by atoms with Crippen LogP contribution in [-0.4, -0.2) is 7.05 Å². The molecule has 0 saturated carbocycles. The van der Waals surface area contributed by atoms with Gasteiger partial charge in [-0.15, -0.1) is 6.54 Å². The summed E-state index contributed by atoms with van der Waals surface area (Å²) in [5, 5.41) is 4.08. The lowest BCUT2D eigenvalue weighted by Crippen LogP contribution is -1.85. The standard InChI is InChI=1S/C14H14NO/c1-15-11-12-7-9-14(10-8-12)16-13-5-3-2-4-6-13/h2-10H,11H2,1H3/q-1. The van der Waals surface area contributed by atoms with Gasteiger partial charge in [0.1, 0.15) is 11.5 Å². The molecule has 2 nitrogen and oxygen atoms in total. The van der Waals surface area contributed by atoms with Crippen molar-refractivity contribution in [3.8, 4) is 11.5 Å². The molecule has 0 fully saturated rings. The first-order valence-corrected chi connectivity index (χ1v) is 5.26. The topological polar surface area (TPSA) is 23.3 Å². The van der Waals surface area contributed by atoms with Gasteiger partial charge in [0.15, 0.2) is 0 Å². The molecule has 0 N–H and O–H groups in total. The van der Waals surface area contributed by atoms with E-state index in [-0.39, 0.29) is 0 Å². The van der Waals surface area contributed by atoms with Crippen LogP contribution in [0.1, 0.15) is 5.56 Å². The summed E-state index contributed by atoms with van der Waals surface area (Å²) in [6, 6.07) is 17.8. The molecule has 0 bridgehead atoms. The van der Waals surface area contributed by atoms with Crippen molar-refractivity contribution >= 4 is 0 Å². The van der Waals surface area contributed by atoms with Gasteiger partial charge < -0.3 is 10.1 Å². The maximum absolute atomic E-state index is 5.68. The van der Waals surface area contributed by atoms with E-state index >= 15 is 0 Å². The third-order valence-corrected chi connectivity index (χ3v) is 2.24. The second kappa shape index (κ2) is 5.33. The summed E-state index contributed by atoms with van der Waals surface area (Å²) >= 11 is 0. The molecule has 82 valence electrons. The molecule has 2 heteroatoms. The largest absolute Gasteiger partial charge is 0.661 e. The van der Waals surface area contributed by atoms with Crippen LogP contribution in [-0.2, 0) is 6.54 Å². The van der Waals surface area contributed by atoms with Crippen LogP contribution in [0.15, 0.2) is 54.6 Å². The fraction of sp³-hybridized carbons (Fsp3) is 0.143. The molecule has 0 amide bonds. The molecule has 2 aromatic rings. The van der Waals surface area contributed by atoms with Gasteiger partial charge in [0.2, 0.25) is 0 Å². The predicted octanol–water partition coefficient (Wildman–Crippen LogP) is 3.98. The molecular formula is C14H14NO-. The summed E-state index contributed by atoms with van der Waals surface area (Å²) in [6.45, 7) is 0.756. The maximum Gasteiger partial charge on any atom is 0.127 e. The third kappa shape index (κ3) is 2.84. The van der Waals surface area contributed by atoms with E-state index < -0.39 is 0 Å². The van der Waals surface area contributed by atoms with E-state index in [0.717, 1.165) is 18.0 Å². The quantitative estimate of drug-likeness (QED) is 0.751. The van der Waals surface area contributed by atoms with Crippen molar-refractivity contribution in [3.05, 3.63) is 65.5 Å². The fourth-order valence-corrected chi connectivity index (χ4v) is 1.47. The van der Waals surface area contributed by atoms with E-state index in [9.17, 15) is 0 Å². The summed E-state index contributed by atoms with van der Waals surface area (Å²) in [5.41, 5.74) is 1.20. The summed E-state index contributed by atoms with van der Waals surface area (Å²) in [4.78, 5) is 0. The molecule has 0 unspecified atom stereocenters. The molecule has 0 atom stereocenters. The van der Waals surface area contributed by atoms with Crippen LogP contribution in [0.2, 0.25) is 0 Å². The lowest BCUT2D eigenvalue weighted by atomic mass is 10.2. The Balaban J connectivity index is 2.05. The van der Waals surface area contributed by atoms with E-state index in [2.05, 4.69) is 5.32 Å². The van der Waals surface area contributed by atoms with Gasteiger partial charge in [0.25, 0.3) is 0 Å². The monoisotopic (exact) mass is 212 g/mol. The minimum Gasteiger partial charge on any atom is -0.661 e. The second-order valence-corrected chi connectivity index (χ2v) is 3.53. The number of nitrogens with zero attached hydrogens (tertiary/aromatic N) is 1. The zero-order valence-corrected chi connectivity index (χ0v) is 9.26. The Labute approximate surface area is 95.9 Å². The second-order valence-electron chi connectivity index (χ2n) is 3.53. The smallest absolute Gasteiger partial charge is 0.127 e. The molecular weight excluding hydrogens is 198 g/mol. The Bertz CT molecular complexity index is 422. The van der Waals surface area contributed by atoms with E-state index in [1.165, 1.54) is 5.56 Å². The van der Waals surface area contributed by atoms with Crippen molar-refractivity contribution in [2.45, 2.75) is 6.54 Å². The predicted molar refractivity (Wildman–Crippen MR) is 65.9 cm³/mol. The number of ether oxygens (including phenoxy) is 1. The summed E-state index contributed by atoms with van der Waals surface area (Å²) in [5.74, 6) is 1.71. The zero-order valence-electron chi connectivity index (χ0n) is 9.26. The Morgan fingerprint density at radius 3 is 2.12 bits per heavy atom. The summed E-state index contributed by atoms with van der Waals surface area (Å²) in [7, 11) is 1.81.